The Kier molecular flexibility index (Phi) is 12.6. The molecule has 0 heterocycles. The van der Waals surface area contributed by atoms with Gasteiger partial charge in [0.1, 0.15) is 18.1 Å². The van der Waals surface area contributed by atoms with Gasteiger partial charge in [0, 0.05) is 6.42 Å². The third-order valence-electron chi connectivity index (χ3n) is 4.69. The molecule has 0 aliphatic heterocycles. The average Bonchev–Trinajstić information content (AvgIpc) is 2.79. The molecule has 34 heavy (non-hydrogen) atoms. The molecule has 0 radical (unpaired) electrons. The fraction of sp³-hybridized carbons (Fsp3) is 0.476. The number of aliphatic hydroxyl groups is 1. The molecule has 0 aromatic heterocycles. The van der Waals surface area contributed by atoms with Crippen molar-refractivity contribution in [2.75, 3.05) is 18.6 Å². The number of rotatable bonds is 15. The number of amides is 3. The van der Waals surface area contributed by atoms with Crippen LogP contribution in [0, 0.1) is 0 Å². The van der Waals surface area contributed by atoms with Crippen molar-refractivity contribution in [2.24, 2.45) is 5.73 Å². The van der Waals surface area contributed by atoms with Crippen LogP contribution in [-0.2, 0) is 30.4 Å². The minimum absolute atomic E-state index is 0.0597. The standard InChI is InChI=1S/C21H30N4O8S/c1-34-8-7-13(22)18(29)23-14(9-12-5-3-2-4-6-12)19(30)25-16(11-26)20(31)24-15(21(32)33)10-17(27)28/h2-6,13-16,26H,7-11,22H2,1H3,(H,23,29)(H,24,31)(H,25,30)(H,27,28)(H,32,33). The number of aliphatic carboxylic acids is 2. The van der Waals surface area contributed by atoms with Gasteiger partial charge in [-0.3, -0.25) is 19.2 Å². The first-order chi connectivity index (χ1) is 16.1. The number of carboxylic acids is 2. The molecule has 13 heteroatoms. The highest BCUT2D eigenvalue weighted by molar-refractivity contribution is 7.98. The molecule has 12 nitrogen and oxygen atoms in total. The molecule has 0 saturated carbocycles. The lowest BCUT2D eigenvalue weighted by atomic mass is 10.0. The van der Waals surface area contributed by atoms with E-state index in [1.165, 1.54) is 11.8 Å². The molecule has 4 atom stereocenters. The fourth-order valence-corrected chi connectivity index (χ4v) is 3.32. The van der Waals surface area contributed by atoms with Gasteiger partial charge in [0.2, 0.25) is 17.7 Å². The number of hydrogen-bond donors (Lipinski definition) is 7. The maximum Gasteiger partial charge on any atom is 0.326 e. The number of carbonyl (C=O) groups excluding carboxylic acids is 3. The predicted octanol–water partition coefficient (Wildman–Crippen LogP) is -1.68. The van der Waals surface area contributed by atoms with E-state index in [2.05, 4.69) is 10.6 Å². The van der Waals surface area contributed by atoms with Gasteiger partial charge in [-0.15, -0.1) is 0 Å². The van der Waals surface area contributed by atoms with Gasteiger partial charge in [-0.1, -0.05) is 30.3 Å². The molecule has 0 saturated heterocycles. The summed E-state index contributed by atoms with van der Waals surface area (Å²) in [6.45, 7) is -0.893. The Bertz CT molecular complexity index is 854. The van der Waals surface area contributed by atoms with Crippen molar-refractivity contribution in [3.8, 4) is 0 Å². The SMILES string of the molecule is CSCCC(N)C(=O)NC(Cc1ccccc1)C(=O)NC(CO)C(=O)NC(CC(=O)O)C(=O)O. The van der Waals surface area contributed by atoms with Crippen LogP contribution < -0.4 is 21.7 Å². The summed E-state index contributed by atoms with van der Waals surface area (Å²) in [5.41, 5.74) is 6.59. The van der Waals surface area contributed by atoms with E-state index in [9.17, 15) is 29.1 Å². The second-order valence-electron chi connectivity index (χ2n) is 7.38. The number of nitrogens with one attached hydrogen (secondary N) is 3. The molecule has 0 aliphatic carbocycles. The number of nitrogens with two attached hydrogens (primary N) is 1. The zero-order valence-electron chi connectivity index (χ0n) is 18.6. The summed E-state index contributed by atoms with van der Waals surface area (Å²) in [5, 5.41) is 34.2. The molecule has 8 N–H and O–H groups in total. The van der Waals surface area contributed by atoms with E-state index in [1.54, 1.807) is 30.3 Å². The number of aliphatic hydroxyl groups excluding tert-OH is 1. The van der Waals surface area contributed by atoms with Crippen molar-refractivity contribution in [1.82, 2.24) is 16.0 Å². The molecule has 1 rings (SSSR count). The maximum absolute atomic E-state index is 12.9. The highest BCUT2D eigenvalue weighted by Crippen LogP contribution is 2.06. The molecule has 0 bridgehead atoms. The van der Waals surface area contributed by atoms with Gasteiger partial charge in [-0.25, -0.2) is 4.79 Å². The van der Waals surface area contributed by atoms with E-state index in [0.717, 1.165) is 0 Å². The summed E-state index contributed by atoms with van der Waals surface area (Å²) in [6.07, 6.45) is 1.41. The van der Waals surface area contributed by atoms with E-state index >= 15 is 0 Å². The lowest BCUT2D eigenvalue weighted by Crippen LogP contribution is -2.58. The zero-order valence-corrected chi connectivity index (χ0v) is 19.4. The monoisotopic (exact) mass is 498 g/mol. The van der Waals surface area contributed by atoms with Gasteiger partial charge in [-0.2, -0.15) is 11.8 Å². The number of carbonyl (C=O) groups is 5. The van der Waals surface area contributed by atoms with Gasteiger partial charge in [0.05, 0.1) is 19.1 Å². The number of thioether (sulfide) groups is 1. The predicted molar refractivity (Wildman–Crippen MR) is 124 cm³/mol. The first kappa shape index (κ1) is 28.9. The molecule has 4 unspecified atom stereocenters. The Morgan fingerprint density at radius 3 is 2.00 bits per heavy atom. The van der Waals surface area contributed by atoms with Gasteiger partial charge in [-0.05, 0) is 24.0 Å². The minimum atomic E-state index is -1.76. The third kappa shape index (κ3) is 10.2. The first-order valence-electron chi connectivity index (χ1n) is 10.3. The van der Waals surface area contributed by atoms with Crippen LogP contribution in [0.15, 0.2) is 30.3 Å². The molecule has 0 aliphatic rings. The Balaban J connectivity index is 2.96. The first-order valence-corrected chi connectivity index (χ1v) is 11.7. The van der Waals surface area contributed by atoms with Crippen LogP contribution >= 0.6 is 11.8 Å². The zero-order chi connectivity index (χ0) is 25.7. The molecule has 0 fully saturated rings. The van der Waals surface area contributed by atoms with Crippen LogP contribution in [0.1, 0.15) is 18.4 Å². The van der Waals surface area contributed by atoms with Crippen LogP contribution in [-0.4, -0.2) is 87.8 Å². The van der Waals surface area contributed by atoms with Crippen LogP contribution in [0.3, 0.4) is 0 Å². The van der Waals surface area contributed by atoms with Crippen molar-refractivity contribution in [3.05, 3.63) is 35.9 Å². The summed E-state index contributed by atoms with van der Waals surface area (Å²) in [6, 6.07) is 3.39. The summed E-state index contributed by atoms with van der Waals surface area (Å²) >= 11 is 1.51. The van der Waals surface area contributed by atoms with E-state index in [4.69, 9.17) is 15.9 Å². The molecule has 3 amide bonds. The quantitative estimate of drug-likeness (QED) is 0.146. The average molecular weight is 499 g/mol. The Labute approximate surface area is 200 Å². The Morgan fingerprint density at radius 2 is 1.47 bits per heavy atom. The highest BCUT2D eigenvalue weighted by Gasteiger charge is 2.31. The molecular formula is C21H30N4O8S. The smallest absolute Gasteiger partial charge is 0.326 e. The normalized spacial score (nSPS) is 14.2. The van der Waals surface area contributed by atoms with Crippen molar-refractivity contribution in [2.45, 2.75) is 43.4 Å². The summed E-state index contributed by atoms with van der Waals surface area (Å²) < 4.78 is 0. The number of benzene rings is 1. The van der Waals surface area contributed by atoms with E-state index in [0.29, 0.717) is 17.7 Å². The lowest BCUT2D eigenvalue weighted by Gasteiger charge is -2.24. The summed E-state index contributed by atoms with van der Waals surface area (Å²) in [4.78, 5) is 59.8. The van der Waals surface area contributed by atoms with Gasteiger partial charge in [0.25, 0.3) is 0 Å². The Morgan fingerprint density at radius 1 is 0.912 bits per heavy atom. The Hall–Kier alpha value is -3.16. The number of hydrogen-bond acceptors (Lipinski definition) is 8. The second kappa shape index (κ2) is 14.9. The van der Waals surface area contributed by atoms with Gasteiger partial charge in [0.15, 0.2) is 0 Å². The van der Waals surface area contributed by atoms with E-state index in [-0.39, 0.29) is 6.42 Å². The largest absolute Gasteiger partial charge is 0.481 e. The van der Waals surface area contributed by atoms with E-state index < -0.39 is 66.9 Å². The van der Waals surface area contributed by atoms with Crippen molar-refractivity contribution < 1.29 is 39.3 Å². The second-order valence-corrected chi connectivity index (χ2v) is 8.37. The molecule has 1 aromatic rings. The molecule has 0 spiro atoms. The van der Waals surface area contributed by atoms with E-state index in [1.807, 2.05) is 11.6 Å². The van der Waals surface area contributed by atoms with Crippen LogP contribution in [0.4, 0.5) is 0 Å². The fourth-order valence-electron chi connectivity index (χ4n) is 2.83. The van der Waals surface area contributed by atoms with Crippen LogP contribution in [0.25, 0.3) is 0 Å². The molecule has 1 aromatic carbocycles. The molecule has 188 valence electrons. The van der Waals surface area contributed by atoms with Gasteiger partial charge < -0.3 is 37.0 Å². The topological polar surface area (TPSA) is 208 Å². The third-order valence-corrected chi connectivity index (χ3v) is 5.34. The van der Waals surface area contributed by atoms with Crippen molar-refractivity contribution >= 4 is 41.4 Å². The lowest BCUT2D eigenvalue weighted by molar-refractivity contribution is -0.147. The number of carboxylic acid groups (broad SMARTS) is 2. The van der Waals surface area contributed by atoms with Crippen molar-refractivity contribution in [3.63, 3.8) is 0 Å². The minimum Gasteiger partial charge on any atom is -0.481 e. The highest BCUT2D eigenvalue weighted by atomic mass is 32.2. The molecular weight excluding hydrogens is 468 g/mol. The van der Waals surface area contributed by atoms with Crippen LogP contribution in [0.2, 0.25) is 0 Å². The van der Waals surface area contributed by atoms with Gasteiger partial charge >= 0.3 is 11.9 Å². The van der Waals surface area contributed by atoms with Crippen LogP contribution in [0.5, 0.6) is 0 Å². The summed E-state index contributed by atoms with van der Waals surface area (Å²) in [5.74, 6) is -4.88. The van der Waals surface area contributed by atoms with Crippen molar-refractivity contribution in [1.29, 1.82) is 0 Å². The summed E-state index contributed by atoms with van der Waals surface area (Å²) in [7, 11) is 0. The maximum atomic E-state index is 12.9.